The van der Waals surface area contributed by atoms with Crippen molar-refractivity contribution in [1.29, 1.82) is 0 Å². The first-order valence-corrected chi connectivity index (χ1v) is 7.68. The molecule has 2 bridgehead atoms. The molecule has 0 aromatic rings. The Hall–Kier alpha value is 0.520. The molecule has 0 aliphatic heterocycles. The Labute approximate surface area is 79.0 Å². The molecule has 0 aromatic carbocycles. The highest BCUT2D eigenvalue weighted by Crippen LogP contribution is 2.73. The van der Waals surface area contributed by atoms with Crippen molar-refractivity contribution in [3.63, 3.8) is 0 Å². The lowest BCUT2D eigenvalue weighted by Gasteiger charge is -2.30. The van der Waals surface area contributed by atoms with Gasteiger partial charge in [-0.3, -0.25) is 0 Å². The fourth-order valence-electron chi connectivity index (χ4n) is 2.97. The highest BCUT2D eigenvalue weighted by atomic mass is 35.7. The van der Waals surface area contributed by atoms with Crippen molar-refractivity contribution in [3.8, 4) is 0 Å². The van der Waals surface area contributed by atoms with Gasteiger partial charge in [-0.05, 0) is 38.0 Å². The molecule has 0 amide bonds. The maximum atomic E-state index is 12.1. The van der Waals surface area contributed by atoms with Crippen LogP contribution in [0.3, 0.4) is 0 Å². The minimum Gasteiger partial charge on any atom is -0.306 e. The van der Waals surface area contributed by atoms with E-state index in [-0.39, 0.29) is 5.16 Å². The van der Waals surface area contributed by atoms with E-state index in [1.54, 1.807) is 0 Å². The van der Waals surface area contributed by atoms with Crippen LogP contribution in [0.25, 0.3) is 0 Å². The predicted molar refractivity (Wildman–Crippen MR) is 53.3 cm³/mol. The fourth-order valence-corrected chi connectivity index (χ4v) is 5.81. The zero-order valence-corrected chi connectivity index (χ0v) is 9.20. The standard InChI is InChI=1S/C9H16ClOP/c1-2-12(10,11)9-5-3-8(7-9)4-6-9/h8H,2-7H2,1H3. The third-order valence-electron chi connectivity index (χ3n) is 3.82. The molecular formula is C9H16ClOP. The van der Waals surface area contributed by atoms with Crippen molar-refractivity contribution in [2.24, 2.45) is 5.92 Å². The van der Waals surface area contributed by atoms with E-state index >= 15 is 0 Å². The van der Waals surface area contributed by atoms with Gasteiger partial charge in [0.05, 0.1) is 0 Å². The van der Waals surface area contributed by atoms with Gasteiger partial charge >= 0.3 is 0 Å². The number of rotatable bonds is 2. The number of halogens is 1. The van der Waals surface area contributed by atoms with Crippen LogP contribution < -0.4 is 0 Å². The summed E-state index contributed by atoms with van der Waals surface area (Å²) in [6.07, 6.45) is 6.65. The summed E-state index contributed by atoms with van der Waals surface area (Å²) < 4.78 is 12.1. The van der Waals surface area contributed by atoms with Crippen LogP contribution >= 0.6 is 17.7 Å². The van der Waals surface area contributed by atoms with Crippen molar-refractivity contribution in [3.05, 3.63) is 0 Å². The normalized spacial score (nSPS) is 44.7. The summed E-state index contributed by atoms with van der Waals surface area (Å²) in [5.74, 6) is 0.851. The van der Waals surface area contributed by atoms with Crippen LogP contribution in [0.2, 0.25) is 0 Å². The molecule has 0 saturated heterocycles. The summed E-state index contributed by atoms with van der Waals surface area (Å²) in [7, 11) is 0. The maximum Gasteiger partial charge on any atom is 0.175 e. The smallest absolute Gasteiger partial charge is 0.175 e. The first kappa shape index (κ1) is 9.09. The van der Waals surface area contributed by atoms with Crippen molar-refractivity contribution in [2.75, 3.05) is 6.16 Å². The lowest BCUT2D eigenvalue weighted by atomic mass is 10.0. The van der Waals surface area contributed by atoms with Gasteiger partial charge < -0.3 is 4.57 Å². The quantitative estimate of drug-likeness (QED) is 0.627. The summed E-state index contributed by atoms with van der Waals surface area (Å²) >= 11 is 6.17. The van der Waals surface area contributed by atoms with E-state index < -0.39 is 6.49 Å². The van der Waals surface area contributed by atoms with Gasteiger partial charge in [-0.2, -0.15) is 0 Å². The maximum absolute atomic E-state index is 12.1. The lowest BCUT2D eigenvalue weighted by Crippen LogP contribution is -2.21. The molecule has 1 atom stereocenters. The van der Waals surface area contributed by atoms with E-state index in [4.69, 9.17) is 11.2 Å². The van der Waals surface area contributed by atoms with Crippen LogP contribution in [-0.2, 0) is 4.57 Å². The Morgan fingerprint density at radius 3 is 2.42 bits per heavy atom. The van der Waals surface area contributed by atoms with Crippen LogP contribution in [0.4, 0.5) is 0 Å². The van der Waals surface area contributed by atoms with Crippen molar-refractivity contribution >= 4 is 17.7 Å². The summed E-state index contributed by atoms with van der Waals surface area (Å²) in [6, 6.07) is 0. The van der Waals surface area contributed by atoms with Gasteiger partial charge in [0.1, 0.15) is 0 Å². The second-order valence-corrected chi connectivity index (χ2v) is 8.86. The molecule has 0 aromatic heterocycles. The summed E-state index contributed by atoms with van der Waals surface area (Å²) in [4.78, 5) is 0. The van der Waals surface area contributed by atoms with Crippen LogP contribution in [0.5, 0.6) is 0 Å². The molecule has 70 valence electrons. The van der Waals surface area contributed by atoms with Crippen molar-refractivity contribution in [1.82, 2.24) is 0 Å². The summed E-state index contributed by atoms with van der Waals surface area (Å²) in [5, 5.41) is 0.0774. The summed E-state index contributed by atoms with van der Waals surface area (Å²) in [5.41, 5.74) is 0. The van der Waals surface area contributed by atoms with Gasteiger partial charge in [0.15, 0.2) is 6.49 Å². The second kappa shape index (κ2) is 2.75. The third-order valence-corrected chi connectivity index (χ3v) is 8.47. The Morgan fingerprint density at radius 2 is 2.08 bits per heavy atom. The zero-order chi connectivity index (χ0) is 8.82. The van der Waals surface area contributed by atoms with Gasteiger partial charge in [0.25, 0.3) is 0 Å². The molecule has 0 heterocycles. The summed E-state index contributed by atoms with van der Waals surface area (Å²) in [6.45, 7) is -0.372. The van der Waals surface area contributed by atoms with Crippen molar-refractivity contribution < 1.29 is 4.57 Å². The molecular weight excluding hydrogens is 191 g/mol. The fraction of sp³-hybridized carbons (Fsp3) is 1.00. The van der Waals surface area contributed by atoms with Gasteiger partial charge in [-0.15, -0.1) is 0 Å². The van der Waals surface area contributed by atoms with E-state index in [1.165, 1.54) is 12.8 Å². The van der Waals surface area contributed by atoms with Gasteiger partial charge in [-0.25, -0.2) is 0 Å². The molecule has 2 aliphatic carbocycles. The number of hydrogen-bond donors (Lipinski definition) is 0. The van der Waals surface area contributed by atoms with Gasteiger partial charge in [0, 0.05) is 11.3 Å². The van der Waals surface area contributed by atoms with Crippen LogP contribution in [0, 0.1) is 5.92 Å². The van der Waals surface area contributed by atoms with Crippen LogP contribution in [-0.4, -0.2) is 11.3 Å². The SMILES string of the molecule is CCP(=O)(Cl)C12CCC(CC1)C2. The third kappa shape index (κ3) is 1.09. The van der Waals surface area contributed by atoms with Crippen LogP contribution in [0.15, 0.2) is 0 Å². The average Bonchev–Trinajstić information content (AvgIpc) is 2.64. The van der Waals surface area contributed by atoms with Crippen molar-refractivity contribution in [2.45, 2.75) is 44.2 Å². The Kier molecular flexibility index (Phi) is 2.09. The number of fused-ring (bicyclic) bond motifs is 2. The van der Waals surface area contributed by atoms with E-state index in [0.717, 1.165) is 25.2 Å². The monoisotopic (exact) mass is 206 g/mol. The molecule has 12 heavy (non-hydrogen) atoms. The van der Waals surface area contributed by atoms with E-state index in [1.807, 2.05) is 6.92 Å². The first-order valence-electron chi connectivity index (χ1n) is 4.88. The second-order valence-electron chi connectivity index (χ2n) is 4.34. The lowest BCUT2D eigenvalue weighted by molar-refractivity contribution is 0.479. The topological polar surface area (TPSA) is 17.1 Å². The van der Waals surface area contributed by atoms with E-state index in [2.05, 4.69) is 0 Å². The Balaban J connectivity index is 2.27. The predicted octanol–water partition coefficient (Wildman–Crippen LogP) is 3.86. The Bertz CT molecular complexity index is 231. The molecule has 0 N–H and O–H groups in total. The van der Waals surface area contributed by atoms with Gasteiger partial charge in [0.2, 0.25) is 0 Å². The minimum absolute atomic E-state index is 0.0774. The number of hydrogen-bond acceptors (Lipinski definition) is 1. The molecule has 1 unspecified atom stereocenters. The highest BCUT2D eigenvalue weighted by molar-refractivity contribution is 7.90. The molecule has 0 radical (unpaired) electrons. The molecule has 2 aliphatic rings. The first-order chi connectivity index (χ1) is 5.60. The Morgan fingerprint density at radius 1 is 1.50 bits per heavy atom. The molecule has 2 fully saturated rings. The van der Waals surface area contributed by atoms with E-state index in [0.29, 0.717) is 6.16 Å². The van der Waals surface area contributed by atoms with E-state index in [9.17, 15) is 4.57 Å². The molecule has 2 rings (SSSR count). The van der Waals surface area contributed by atoms with Gasteiger partial charge in [-0.1, -0.05) is 18.2 Å². The molecule has 0 spiro atoms. The largest absolute Gasteiger partial charge is 0.306 e. The minimum atomic E-state index is -2.34. The highest BCUT2D eigenvalue weighted by Gasteiger charge is 2.54. The molecule has 1 nitrogen and oxygen atoms in total. The zero-order valence-electron chi connectivity index (χ0n) is 7.55. The average molecular weight is 207 g/mol. The molecule has 2 saturated carbocycles. The van der Waals surface area contributed by atoms with Crippen LogP contribution in [0.1, 0.15) is 39.0 Å². The molecule has 3 heteroatoms.